The lowest BCUT2D eigenvalue weighted by Gasteiger charge is -2.35. The number of rotatable bonds is 18. The highest BCUT2D eigenvalue weighted by molar-refractivity contribution is 6.17. The van der Waals surface area contributed by atoms with Gasteiger partial charge in [-0.05, 0) is 38.5 Å². The van der Waals surface area contributed by atoms with Crippen LogP contribution in [-0.4, -0.2) is 37.0 Å². The van der Waals surface area contributed by atoms with Crippen molar-refractivity contribution in [2.75, 3.05) is 32.6 Å². The number of hydrogen-bond acceptors (Lipinski definition) is 0. The van der Waals surface area contributed by atoms with E-state index < -0.39 is 0 Å². The summed E-state index contributed by atoms with van der Waals surface area (Å²) in [5.41, 5.74) is 0. The third-order valence-electron chi connectivity index (χ3n) is 5.18. The molecule has 0 saturated carbocycles. The summed E-state index contributed by atoms with van der Waals surface area (Å²) in [7, 11) is 2.49. The van der Waals surface area contributed by atoms with Gasteiger partial charge in [0, 0.05) is 5.88 Å². The molecule has 140 valence electrons. The molecule has 0 aliphatic carbocycles. The van der Waals surface area contributed by atoms with E-state index in [4.69, 9.17) is 11.6 Å². The Labute approximate surface area is 152 Å². The maximum atomic E-state index is 5.87. The van der Waals surface area contributed by atoms with E-state index in [0.29, 0.717) is 0 Å². The maximum absolute atomic E-state index is 5.87. The predicted octanol–water partition coefficient (Wildman–Crippen LogP) is 7.17. The third kappa shape index (κ3) is 15.5. The first-order valence-corrected chi connectivity index (χ1v) is 11.1. The van der Waals surface area contributed by atoms with Crippen LogP contribution in [0.1, 0.15) is 104 Å². The van der Waals surface area contributed by atoms with Crippen LogP contribution in [-0.2, 0) is 0 Å². The van der Waals surface area contributed by atoms with Crippen molar-refractivity contribution in [2.45, 2.75) is 104 Å². The molecule has 0 aromatic rings. The SMILES string of the molecule is CCCCCCCC[N+](C)(CCCCCl)CCCCCCCC. The molecule has 0 unspecified atom stereocenters. The van der Waals surface area contributed by atoms with Gasteiger partial charge in [-0.2, -0.15) is 0 Å². The van der Waals surface area contributed by atoms with Crippen LogP contribution < -0.4 is 0 Å². The summed E-state index contributed by atoms with van der Waals surface area (Å²) >= 11 is 5.87. The van der Waals surface area contributed by atoms with Gasteiger partial charge in [0.05, 0.1) is 26.7 Å². The Morgan fingerprint density at radius 3 is 1.26 bits per heavy atom. The molecule has 0 rings (SSSR count). The van der Waals surface area contributed by atoms with Gasteiger partial charge < -0.3 is 4.48 Å². The molecule has 0 N–H and O–H groups in total. The fraction of sp³-hybridized carbons (Fsp3) is 1.00. The highest BCUT2D eigenvalue weighted by atomic mass is 35.5. The number of quaternary nitrogens is 1. The van der Waals surface area contributed by atoms with E-state index in [1.165, 1.54) is 114 Å². The Kier molecular flexibility index (Phi) is 17.3. The van der Waals surface area contributed by atoms with Crippen LogP contribution in [0, 0.1) is 0 Å². The summed E-state index contributed by atoms with van der Waals surface area (Å²) in [6.45, 7) is 8.68. The van der Waals surface area contributed by atoms with Crippen molar-refractivity contribution in [1.29, 1.82) is 0 Å². The van der Waals surface area contributed by atoms with Crippen LogP contribution in [0.15, 0.2) is 0 Å². The molecule has 0 aromatic heterocycles. The van der Waals surface area contributed by atoms with Gasteiger partial charge >= 0.3 is 0 Å². The second kappa shape index (κ2) is 17.1. The molecular weight excluding hydrogens is 302 g/mol. The zero-order chi connectivity index (χ0) is 17.2. The lowest BCUT2D eigenvalue weighted by Crippen LogP contribution is -2.46. The fourth-order valence-electron chi connectivity index (χ4n) is 3.47. The van der Waals surface area contributed by atoms with Crippen molar-refractivity contribution in [3.63, 3.8) is 0 Å². The van der Waals surface area contributed by atoms with Gasteiger partial charge in [-0.25, -0.2) is 0 Å². The third-order valence-corrected chi connectivity index (χ3v) is 5.45. The molecule has 0 radical (unpaired) electrons. The van der Waals surface area contributed by atoms with Gasteiger partial charge in [-0.1, -0.05) is 65.2 Å². The van der Waals surface area contributed by atoms with Crippen molar-refractivity contribution in [3.8, 4) is 0 Å². The quantitative estimate of drug-likeness (QED) is 0.140. The number of hydrogen-bond donors (Lipinski definition) is 0. The minimum Gasteiger partial charge on any atom is -0.326 e. The van der Waals surface area contributed by atoms with Gasteiger partial charge in [0.2, 0.25) is 0 Å². The topological polar surface area (TPSA) is 0 Å². The van der Waals surface area contributed by atoms with Gasteiger partial charge in [0.15, 0.2) is 0 Å². The normalized spacial score (nSPS) is 12.0. The summed E-state index contributed by atoms with van der Waals surface area (Å²) in [6.07, 6.45) is 19.4. The molecule has 0 aliphatic heterocycles. The highest BCUT2D eigenvalue weighted by Gasteiger charge is 2.19. The van der Waals surface area contributed by atoms with E-state index in [1.54, 1.807) is 0 Å². The average molecular weight is 347 g/mol. The lowest BCUT2D eigenvalue weighted by atomic mass is 10.1. The molecule has 0 bridgehead atoms. The number of halogens is 1. The molecule has 23 heavy (non-hydrogen) atoms. The van der Waals surface area contributed by atoms with Crippen molar-refractivity contribution in [3.05, 3.63) is 0 Å². The van der Waals surface area contributed by atoms with Gasteiger partial charge in [0.25, 0.3) is 0 Å². The van der Waals surface area contributed by atoms with Crippen LogP contribution >= 0.6 is 11.6 Å². The number of alkyl halides is 1. The van der Waals surface area contributed by atoms with E-state index in [2.05, 4.69) is 20.9 Å². The second-order valence-electron chi connectivity index (χ2n) is 7.72. The molecule has 0 amide bonds. The second-order valence-corrected chi connectivity index (χ2v) is 8.10. The molecule has 2 heteroatoms. The molecule has 0 saturated heterocycles. The van der Waals surface area contributed by atoms with Crippen LogP contribution in [0.5, 0.6) is 0 Å². The molecule has 0 fully saturated rings. The molecular formula is C21H45ClN+. The molecule has 1 nitrogen and oxygen atoms in total. The summed E-state index contributed by atoms with van der Waals surface area (Å²) in [6, 6.07) is 0. The Morgan fingerprint density at radius 1 is 0.522 bits per heavy atom. The summed E-state index contributed by atoms with van der Waals surface area (Å²) in [5, 5.41) is 0. The summed E-state index contributed by atoms with van der Waals surface area (Å²) in [5.74, 6) is 0.827. The van der Waals surface area contributed by atoms with Crippen molar-refractivity contribution in [1.82, 2.24) is 0 Å². The standard InChI is InChI=1S/C21H45ClN/c1-4-6-8-10-12-15-19-23(3,21-17-14-18-22)20-16-13-11-9-7-5-2/h4-21H2,1-3H3/q+1. The Hall–Kier alpha value is 0.250. The van der Waals surface area contributed by atoms with E-state index >= 15 is 0 Å². The van der Waals surface area contributed by atoms with Crippen LogP contribution in [0.2, 0.25) is 0 Å². The summed E-state index contributed by atoms with van der Waals surface area (Å²) < 4.78 is 1.29. The number of nitrogens with zero attached hydrogens (tertiary/aromatic N) is 1. The van der Waals surface area contributed by atoms with Crippen molar-refractivity contribution < 1.29 is 4.48 Å². The molecule has 0 atom stereocenters. The molecule has 0 heterocycles. The zero-order valence-corrected chi connectivity index (χ0v) is 17.3. The fourth-order valence-corrected chi connectivity index (χ4v) is 3.66. The van der Waals surface area contributed by atoms with Crippen LogP contribution in [0.25, 0.3) is 0 Å². The summed E-state index contributed by atoms with van der Waals surface area (Å²) in [4.78, 5) is 0. The van der Waals surface area contributed by atoms with Gasteiger partial charge in [-0.3, -0.25) is 0 Å². The lowest BCUT2D eigenvalue weighted by molar-refractivity contribution is -0.910. The predicted molar refractivity (Wildman–Crippen MR) is 107 cm³/mol. The number of unbranched alkanes of at least 4 members (excludes halogenated alkanes) is 11. The smallest absolute Gasteiger partial charge is 0.0784 e. The van der Waals surface area contributed by atoms with Crippen molar-refractivity contribution >= 4 is 11.6 Å². The monoisotopic (exact) mass is 346 g/mol. The van der Waals surface area contributed by atoms with E-state index in [0.717, 1.165) is 5.88 Å². The zero-order valence-electron chi connectivity index (χ0n) is 16.6. The Bertz CT molecular complexity index is 214. The van der Waals surface area contributed by atoms with Crippen LogP contribution in [0.3, 0.4) is 0 Å². The van der Waals surface area contributed by atoms with E-state index in [-0.39, 0.29) is 0 Å². The van der Waals surface area contributed by atoms with Gasteiger partial charge in [-0.15, -0.1) is 11.6 Å². The molecule has 0 spiro atoms. The van der Waals surface area contributed by atoms with Gasteiger partial charge in [0.1, 0.15) is 0 Å². The first kappa shape index (κ1) is 23.2. The Balaban J connectivity index is 3.93. The first-order valence-electron chi connectivity index (χ1n) is 10.6. The minimum atomic E-state index is 0.827. The highest BCUT2D eigenvalue weighted by Crippen LogP contribution is 2.15. The largest absolute Gasteiger partial charge is 0.326 e. The average Bonchev–Trinajstić information content (AvgIpc) is 2.54. The van der Waals surface area contributed by atoms with Crippen molar-refractivity contribution in [2.24, 2.45) is 0 Å². The first-order chi connectivity index (χ1) is 11.2. The molecule has 0 aliphatic rings. The maximum Gasteiger partial charge on any atom is 0.0784 e. The van der Waals surface area contributed by atoms with Crippen LogP contribution in [0.4, 0.5) is 0 Å². The minimum absolute atomic E-state index is 0.827. The Morgan fingerprint density at radius 2 is 0.870 bits per heavy atom. The molecule has 0 aromatic carbocycles. The van der Waals surface area contributed by atoms with E-state index in [1.807, 2.05) is 0 Å². The van der Waals surface area contributed by atoms with E-state index in [9.17, 15) is 0 Å².